The van der Waals surface area contributed by atoms with Crippen LogP contribution in [0.5, 0.6) is 0 Å². The highest BCUT2D eigenvalue weighted by Crippen LogP contribution is 2.53. The Bertz CT molecular complexity index is 160. The molecule has 58 valence electrons. The van der Waals surface area contributed by atoms with Crippen molar-refractivity contribution in [2.75, 3.05) is 6.61 Å². The molecule has 0 bridgehead atoms. The minimum Gasteiger partial charge on any atom is -0.449 e. The number of halogens is 2. The lowest BCUT2D eigenvalue weighted by molar-refractivity contribution is 0.151. The Hall–Kier alpha value is -0.150. The van der Waals surface area contributed by atoms with Gasteiger partial charge in [0.15, 0.2) is 0 Å². The van der Waals surface area contributed by atoms with Gasteiger partial charge in [0, 0.05) is 5.92 Å². The molecule has 1 aliphatic carbocycles. The van der Waals surface area contributed by atoms with Gasteiger partial charge in [0.25, 0.3) is 0 Å². The quantitative estimate of drug-likeness (QED) is 0.657. The molecule has 5 heteroatoms. The first-order chi connectivity index (χ1) is 4.52. The minimum atomic E-state index is -0.781. The van der Waals surface area contributed by atoms with Crippen LogP contribution in [0.1, 0.15) is 6.42 Å². The Kier molecular flexibility index (Phi) is 1.97. The smallest absolute Gasteiger partial charge is 0.404 e. The number of hydrogen-bond acceptors (Lipinski definition) is 2. The van der Waals surface area contributed by atoms with Crippen molar-refractivity contribution in [1.29, 1.82) is 0 Å². The number of carbonyl (C=O) groups excluding carboxylic acids is 1. The van der Waals surface area contributed by atoms with Gasteiger partial charge in [0.2, 0.25) is 0 Å². The van der Waals surface area contributed by atoms with Crippen molar-refractivity contribution < 1.29 is 9.53 Å². The van der Waals surface area contributed by atoms with Crippen LogP contribution in [0.2, 0.25) is 0 Å². The first-order valence-electron chi connectivity index (χ1n) is 2.82. The molecule has 1 saturated carbocycles. The van der Waals surface area contributed by atoms with E-state index in [1.807, 2.05) is 0 Å². The third kappa shape index (κ3) is 1.92. The second-order valence-corrected chi connectivity index (χ2v) is 3.83. The fraction of sp³-hybridized carbons (Fsp3) is 0.800. The summed E-state index contributed by atoms with van der Waals surface area (Å²) in [5.41, 5.74) is 4.71. The minimum absolute atomic E-state index is 0.0586. The van der Waals surface area contributed by atoms with E-state index in [9.17, 15) is 4.79 Å². The second-order valence-electron chi connectivity index (χ2n) is 2.29. The van der Waals surface area contributed by atoms with E-state index in [1.165, 1.54) is 0 Å². The first-order valence-corrected chi connectivity index (χ1v) is 3.58. The Morgan fingerprint density at radius 3 is 2.60 bits per heavy atom. The van der Waals surface area contributed by atoms with Gasteiger partial charge in [-0.1, -0.05) is 0 Å². The molecule has 0 aromatic carbocycles. The zero-order chi connectivity index (χ0) is 7.78. The normalized spacial score (nSPS) is 27.6. The van der Waals surface area contributed by atoms with E-state index >= 15 is 0 Å². The van der Waals surface area contributed by atoms with E-state index < -0.39 is 10.4 Å². The lowest BCUT2D eigenvalue weighted by Gasteiger charge is -1.99. The second kappa shape index (κ2) is 2.47. The number of alkyl halides is 2. The molecule has 0 radical (unpaired) electrons. The van der Waals surface area contributed by atoms with Crippen LogP contribution in [0.25, 0.3) is 0 Å². The molecule has 1 unspecified atom stereocenters. The van der Waals surface area contributed by atoms with Crippen LogP contribution in [0.15, 0.2) is 0 Å². The molecule has 0 spiro atoms. The Morgan fingerprint density at radius 1 is 1.80 bits per heavy atom. The van der Waals surface area contributed by atoms with Crippen molar-refractivity contribution in [2.24, 2.45) is 11.7 Å². The number of amides is 1. The lowest BCUT2D eigenvalue weighted by Crippen LogP contribution is -2.15. The highest BCUT2D eigenvalue weighted by atomic mass is 35.5. The van der Waals surface area contributed by atoms with Crippen LogP contribution in [0.3, 0.4) is 0 Å². The van der Waals surface area contributed by atoms with Crippen LogP contribution >= 0.6 is 23.2 Å². The highest BCUT2D eigenvalue weighted by molar-refractivity contribution is 6.50. The molecule has 2 N–H and O–H groups in total. The predicted molar refractivity (Wildman–Crippen MR) is 38.1 cm³/mol. The van der Waals surface area contributed by atoms with Gasteiger partial charge >= 0.3 is 6.09 Å². The van der Waals surface area contributed by atoms with Crippen molar-refractivity contribution >= 4 is 29.3 Å². The third-order valence-corrected chi connectivity index (χ3v) is 2.31. The first kappa shape index (κ1) is 7.95. The Morgan fingerprint density at radius 2 is 2.30 bits per heavy atom. The zero-order valence-electron chi connectivity index (χ0n) is 5.14. The molecule has 10 heavy (non-hydrogen) atoms. The van der Waals surface area contributed by atoms with Gasteiger partial charge in [-0.05, 0) is 6.42 Å². The topological polar surface area (TPSA) is 52.3 Å². The van der Waals surface area contributed by atoms with Gasteiger partial charge in [-0.15, -0.1) is 23.2 Å². The van der Waals surface area contributed by atoms with Crippen molar-refractivity contribution in [1.82, 2.24) is 0 Å². The van der Waals surface area contributed by atoms with E-state index in [4.69, 9.17) is 28.9 Å². The third-order valence-electron chi connectivity index (χ3n) is 1.38. The van der Waals surface area contributed by atoms with E-state index in [0.717, 1.165) is 0 Å². The average Bonchev–Trinajstić information content (AvgIpc) is 2.35. The van der Waals surface area contributed by atoms with Crippen LogP contribution in [0, 0.1) is 5.92 Å². The summed E-state index contributed by atoms with van der Waals surface area (Å²) in [4.78, 5) is 10.1. The van der Waals surface area contributed by atoms with E-state index in [-0.39, 0.29) is 12.5 Å². The molecule has 0 aromatic rings. The molecule has 0 heterocycles. The summed E-state index contributed by atoms with van der Waals surface area (Å²) in [6, 6.07) is 0. The van der Waals surface area contributed by atoms with Gasteiger partial charge in [-0.2, -0.15) is 0 Å². The predicted octanol–water partition coefficient (Wildman–Crippen LogP) is 1.28. The lowest BCUT2D eigenvalue weighted by atomic mass is 10.5. The summed E-state index contributed by atoms with van der Waals surface area (Å²) in [7, 11) is 0. The van der Waals surface area contributed by atoms with Crippen molar-refractivity contribution in [2.45, 2.75) is 10.8 Å². The molecule has 1 rings (SSSR count). The van der Waals surface area contributed by atoms with Crippen LogP contribution < -0.4 is 5.73 Å². The molecule has 1 atom stereocenters. The zero-order valence-corrected chi connectivity index (χ0v) is 6.65. The van der Waals surface area contributed by atoms with Crippen molar-refractivity contribution in [3.05, 3.63) is 0 Å². The molecule has 1 aliphatic rings. The number of primary amides is 1. The number of hydrogen-bond donors (Lipinski definition) is 1. The van der Waals surface area contributed by atoms with Gasteiger partial charge in [-0.3, -0.25) is 0 Å². The van der Waals surface area contributed by atoms with Gasteiger partial charge in [-0.25, -0.2) is 4.79 Å². The highest BCUT2D eigenvalue weighted by Gasteiger charge is 2.52. The Balaban J connectivity index is 2.13. The Labute approximate surface area is 68.4 Å². The molecule has 0 aliphatic heterocycles. The number of rotatable bonds is 2. The number of carbonyl (C=O) groups is 1. The van der Waals surface area contributed by atoms with Gasteiger partial charge < -0.3 is 10.5 Å². The standard InChI is InChI=1S/C5H7Cl2NO2/c6-5(7)1-3(5)2-10-4(8)9/h3H,1-2H2,(H2,8,9). The monoisotopic (exact) mass is 183 g/mol. The van der Waals surface area contributed by atoms with Crippen molar-refractivity contribution in [3.8, 4) is 0 Å². The molecular formula is C5H7Cl2NO2. The SMILES string of the molecule is NC(=O)OCC1CC1(Cl)Cl. The largest absolute Gasteiger partial charge is 0.449 e. The maximum atomic E-state index is 10.1. The maximum absolute atomic E-state index is 10.1. The summed E-state index contributed by atoms with van der Waals surface area (Å²) in [5, 5.41) is 0. The molecule has 0 saturated heterocycles. The van der Waals surface area contributed by atoms with Gasteiger partial charge in [0.1, 0.15) is 4.33 Å². The summed E-state index contributed by atoms with van der Waals surface area (Å²) in [6.07, 6.45) is -0.111. The van der Waals surface area contributed by atoms with Gasteiger partial charge in [0.05, 0.1) is 6.61 Å². The summed E-state index contributed by atoms with van der Waals surface area (Å²) in [6.45, 7) is 0.225. The van der Waals surface area contributed by atoms with E-state index in [1.54, 1.807) is 0 Å². The molecule has 1 amide bonds. The van der Waals surface area contributed by atoms with Crippen LogP contribution in [0.4, 0.5) is 4.79 Å². The summed E-state index contributed by atoms with van der Waals surface area (Å²) in [5.74, 6) is 0.0586. The molecule has 3 nitrogen and oxygen atoms in total. The average molecular weight is 184 g/mol. The fourth-order valence-corrected chi connectivity index (χ4v) is 1.13. The fourth-order valence-electron chi connectivity index (χ4n) is 0.633. The summed E-state index contributed by atoms with van der Waals surface area (Å²) >= 11 is 11.2. The molecular weight excluding hydrogens is 177 g/mol. The summed E-state index contributed by atoms with van der Waals surface area (Å²) < 4.78 is 3.79. The molecule has 0 aromatic heterocycles. The van der Waals surface area contributed by atoms with E-state index in [0.29, 0.717) is 6.42 Å². The van der Waals surface area contributed by atoms with Crippen molar-refractivity contribution in [3.63, 3.8) is 0 Å². The van der Waals surface area contributed by atoms with E-state index in [2.05, 4.69) is 4.74 Å². The maximum Gasteiger partial charge on any atom is 0.404 e. The van der Waals surface area contributed by atoms with Crippen LogP contribution in [-0.2, 0) is 4.74 Å². The number of ether oxygens (including phenoxy) is 1. The van der Waals surface area contributed by atoms with Crippen LogP contribution in [-0.4, -0.2) is 17.0 Å². The number of nitrogens with two attached hydrogens (primary N) is 1. The molecule has 1 fully saturated rings.